The Morgan fingerprint density at radius 3 is 2.35 bits per heavy atom. The first-order valence-corrected chi connectivity index (χ1v) is 7.60. The fourth-order valence-electron chi connectivity index (χ4n) is 2.39. The van der Waals surface area contributed by atoms with E-state index in [-0.39, 0.29) is 0 Å². The Bertz CT molecular complexity index is 610. The summed E-state index contributed by atoms with van der Waals surface area (Å²) in [4.78, 5) is 0. The van der Waals surface area contributed by atoms with Crippen LogP contribution in [-0.2, 0) is 12.8 Å². The zero-order valence-electron chi connectivity index (χ0n) is 11.7. The maximum absolute atomic E-state index is 13.9. The minimum atomic E-state index is -0.931. The van der Waals surface area contributed by atoms with E-state index in [1.165, 1.54) is 17.2 Å². The second-order valence-electron chi connectivity index (χ2n) is 4.80. The van der Waals surface area contributed by atoms with Gasteiger partial charge in [0.25, 0.3) is 0 Å². The van der Waals surface area contributed by atoms with Gasteiger partial charge in [0.2, 0.25) is 0 Å². The number of benzene rings is 2. The summed E-state index contributed by atoms with van der Waals surface area (Å²) in [6.45, 7) is 4.20. The molecule has 2 rings (SSSR count). The number of aryl methyl sites for hydroxylation is 2. The Morgan fingerprint density at radius 1 is 1.05 bits per heavy atom. The van der Waals surface area contributed by atoms with Crippen LogP contribution < -0.4 is 0 Å². The third-order valence-electron chi connectivity index (χ3n) is 3.56. The fraction of sp³-hybridized carbons (Fsp3) is 0.294. The average molecular weight is 337 g/mol. The van der Waals surface area contributed by atoms with Gasteiger partial charge >= 0.3 is 0 Å². The smallest absolute Gasteiger partial charge is 0.130 e. The highest BCUT2D eigenvalue weighted by Crippen LogP contribution is 2.28. The lowest BCUT2D eigenvalue weighted by Gasteiger charge is -2.15. The number of hydrogen-bond acceptors (Lipinski definition) is 1. The van der Waals surface area contributed by atoms with Crippen molar-refractivity contribution in [2.24, 2.45) is 0 Å². The average Bonchev–Trinajstić information content (AvgIpc) is 2.45. The highest BCUT2D eigenvalue weighted by atomic mass is 79.9. The molecule has 0 amide bonds. The van der Waals surface area contributed by atoms with Crippen molar-refractivity contribution >= 4 is 15.9 Å². The van der Waals surface area contributed by atoms with Gasteiger partial charge in [-0.3, -0.25) is 0 Å². The summed E-state index contributed by atoms with van der Waals surface area (Å²) in [6, 6.07) is 10.6. The van der Waals surface area contributed by atoms with E-state index in [1.807, 2.05) is 18.2 Å². The number of aliphatic hydroxyl groups excluding tert-OH is 1. The van der Waals surface area contributed by atoms with E-state index in [9.17, 15) is 9.50 Å². The Kier molecular flexibility index (Phi) is 4.95. The second kappa shape index (κ2) is 6.51. The zero-order valence-corrected chi connectivity index (χ0v) is 13.2. The molecule has 1 nitrogen and oxygen atoms in total. The van der Waals surface area contributed by atoms with Gasteiger partial charge < -0.3 is 5.11 Å². The monoisotopic (exact) mass is 336 g/mol. The molecule has 1 unspecified atom stereocenters. The van der Waals surface area contributed by atoms with Crippen LogP contribution in [0.1, 0.15) is 42.2 Å². The molecule has 3 heteroatoms. The molecule has 0 aromatic heterocycles. The van der Waals surface area contributed by atoms with Crippen molar-refractivity contribution in [2.45, 2.75) is 32.8 Å². The summed E-state index contributed by atoms with van der Waals surface area (Å²) in [5.74, 6) is -0.399. The second-order valence-corrected chi connectivity index (χ2v) is 5.72. The first-order valence-electron chi connectivity index (χ1n) is 6.81. The van der Waals surface area contributed by atoms with Crippen LogP contribution in [0.15, 0.2) is 40.9 Å². The third kappa shape index (κ3) is 3.10. The number of rotatable bonds is 4. The minimum Gasteiger partial charge on any atom is -0.384 e. The summed E-state index contributed by atoms with van der Waals surface area (Å²) in [7, 11) is 0. The molecule has 0 spiro atoms. The van der Waals surface area contributed by atoms with E-state index >= 15 is 0 Å². The van der Waals surface area contributed by atoms with Crippen LogP contribution >= 0.6 is 15.9 Å². The van der Waals surface area contributed by atoms with Crippen molar-refractivity contribution in [2.75, 3.05) is 0 Å². The summed E-state index contributed by atoms with van der Waals surface area (Å²) in [5.41, 5.74) is 3.53. The summed E-state index contributed by atoms with van der Waals surface area (Å²) in [5, 5.41) is 10.4. The molecule has 1 N–H and O–H groups in total. The predicted octanol–water partition coefficient (Wildman–Crippen LogP) is 4.79. The molecule has 0 fully saturated rings. The summed E-state index contributed by atoms with van der Waals surface area (Å²) < 4.78 is 14.6. The van der Waals surface area contributed by atoms with Crippen molar-refractivity contribution in [1.82, 2.24) is 0 Å². The van der Waals surface area contributed by atoms with Crippen LogP contribution in [0, 0.1) is 5.82 Å². The molecule has 0 saturated heterocycles. The lowest BCUT2D eigenvalue weighted by Crippen LogP contribution is -2.04. The first-order chi connectivity index (χ1) is 9.56. The van der Waals surface area contributed by atoms with Crippen molar-refractivity contribution < 1.29 is 9.50 Å². The molecule has 2 aromatic rings. The van der Waals surface area contributed by atoms with Crippen molar-refractivity contribution in [3.8, 4) is 0 Å². The molecule has 0 aliphatic carbocycles. The van der Waals surface area contributed by atoms with Gasteiger partial charge in [-0.2, -0.15) is 0 Å². The van der Waals surface area contributed by atoms with E-state index in [0.717, 1.165) is 18.4 Å². The van der Waals surface area contributed by atoms with E-state index in [4.69, 9.17) is 0 Å². The van der Waals surface area contributed by atoms with Gasteiger partial charge in [0.15, 0.2) is 0 Å². The maximum atomic E-state index is 13.9. The number of halogens is 2. The van der Waals surface area contributed by atoms with E-state index < -0.39 is 11.9 Å². The Hall–Kier alpha value is -1.19. The van der Waals surface area contributed by atoms with Crippen molar-refractivity contribution in [3.63, 3.8) is 0 Å². The van der Waals surface area contributed by atoms with Gasteiger partial charge in [-0.1, -0.05) is 54.0 Å². The molecule has 0 saturated carbocycles. The van der Waals surface area contributed by atoms with Crippen LogP contribution in [0.4, 0.5) is 4.39 Å². The van der Waals surface area contributed by atoms with Gasteiger partial charge in [0, 0.05) is 10.0 Å². The van der Waals surface area contributed by atoms with Gasteiger partial charge in [-0.25, -0.2) is 4.39 Å². The maximum Gasteiger partial charge on any atom is 0.130 e. The van der Waals surface area contributed by atoms with Crippen LogP contribution in [0.2, 0.25) is 0 Å². The van der Waals surface area contributed by atoms with Crippen LogP contribution in [0.25, 0.3) is 0 Å². The van der Waals surface area contributed by atoms with E-state index in [1.54, 1.807) is 12.1 Å². The van der Waals surface area contributed by atoms with Crippen molar-refractivity contribution in [1.29, 1.82) is 0 Å². The van der Waals surface area contributed by atoms with Gasteiger partial charge in [0.05, 0.1) is 0 Å². The zero-order chi connectivity index (χ0) is 14.7. The van der Waals surface area contributed by atoms with Gasteiger partial charge in [-0.05, 0) is 41.7 Å². The minimum absolute atomic E-state index is 0.305. The molecular weight excluding hydrogens is 319 g/mol. The Morgan fingerprint density at radius 2 is 1.75 bits per heavy atom. The highest BCUT2D eigenvalue weighted by molar-refractivity contribution is 9.10. The lowest BCUT2D eigenvalue weighted by molar-refractivity contribution is 0.215. The highest BCUT2D eigenvalue weighted by Gasteiger charge is 2.16. The molecule has 0 bridgehead atoms. The first kappa shape index (κ1) is 15.2. The van der Waals surface area contributed by atoms with Crippen LogP contribution in [-0.4, -0.2) is 5.11 Å². The van der Waals surface area contributed by atoms with Crippen molar-refractivity contribution in [3.05, 3.63) is 68.9 Å². The molecule has 20 heavy (non-hydrogen) atoms. The summed E-state index contributed by atoms with van der Waals surface area (Å²) in [6.07, 6.45) is 0.943. The number of hydrogen-bond donors (Lipinski definition) is 1. The molecule has 1 atom stereocenters. The molecule has 0 aliphatic heterocycles. The Labute approximate surface area is 127 Å². The fourth-order valence-corrected chi connectivity index (χ4v) is 2.73. The SMILES string of the molecule is CCc1ccc(C(O)c2ccc(Br)cc2F)cc1CC. The molecule has 0 aliphatic rings. The largest absolute Gasteiger partial charge is 0.384 e. The predicted molar refractivity (Wildman–Crippen MR) is 83.4 cm³/mol. The van der Waals surface area contributed by atoms with Gasteiger partial charge in [-0.15, -0.1) is 0 Å². The normalized spacial score (nSPS) is 12.4. The molecule has 106 valence electrons. The molecule has 2 aromatic carbocycles. The quantitative estimate of drug-likeness (QED) is 0.850. The van der Waals surface area contributed by atoms with E-state index in [2.05, 4.69) is 29.8 Å². The van der Waals surface area contributed by atoms with Crippen LogP contribution in [0.5, 0.6) is 0 Å². The number of aliphatic hydroxyl groups is 1. The lowest BCUT2D eigenvalue weighted by atomic mass is 9.95. The van der Waals surface area contributed by atoms with Gasteiger partial charge in [0.1, 0.15) is 11.9 Å². The summed E-state index contributed by atoms with van der Waals surface area (Å²) >= 11 is 3.22. The molecule has 0 heterocycles. The van der Waals surface area contributed by atoms with Crippen LogP contribution in [0.3, 0.4) is 0 Å². The standard InChI is InChI=1S/C17H18BrFO/c1-3-11-5-6-13(9-12(11)4-2)17(20)15-8-7-14(18)10-16(15)19/h5-10,17,20H,3-4H2,1-2H3. The topological polar surface area (TPSA) is 20.2 Å². The Balaban J connectivity index is 2.40. The third-order valence-corrected chi connectivity index (χ3v) is 4.06. The molecular formula is C17H18BrFO. The molecule has 0 radical (unpaired) electrons. The van der Waals surface area contributed by atoms with E-state index in [0.29, 0.717) is 10.0 Å².